The predicted octanol–water partition coefficient (Wildman–Crippen LogP) is 2.86. The van der Waals surface area contributed by atoms with Gasteiger partial charge in [-0.05, 0) is 18.5 Å². The smallest absolute Gasteiger partial charge is 0.345 e. The van der Waals surface area contributed by atoms with E-state index in [2.05, 4.69) is 15.0 Å². The molecule has 0 amide bonds. The van der Waals surface area contributed by atoms with Crippen LogP contribution in [0.1, 0.15) is 6.92 Å². The fourth-order valence-electron chi connectivity index (χ4n) is 0.948. The summed E-state index contributed by atoms with van der Waals surface area (Å²) in [6.45, 7) is -0.665. The number of anilines is 2. The van der Waals surface area contributed by atoms with E-state index >= 15 is 0 Å². The largest absolute Gasteiger partial charge is 0.408 e. The van der Waals surface area contributed by atoms with Gasteiger partial charge in [0, 0.05) is 0 Å². The number of rotatable bonds is 4. The van der Waals surface area contributed by atoms with Crippen molar-refractivity contribution in [3.63, 3.8) is 0 Å². The fraction of sp³-hybridized carbons (Fsp3) is 0.625. The lowest BCUT2D eigenvalue weighted by Crippen LogP contribution is -2.34. The Balaban J connectivity index is 2.81. The molecule has 1 atom stereocenters. The predicted molar refractivity (Wildman–Crippen MR) is 58.5 cm³/mol. The molecular weight excluding hydrogens is 316 g/mol. The Kier molecular flexibility index (Phi) is 4.84. The fourth-order valence-corrected chi connectivity index (χ4v) is 1.11. The summed E-state index contributed by atoms with van der Waals surface area (Å²) >= 11 is 5.39. The van der Waals surface area contributed by atoms with Gasteiger partial charge in [-0.25, -0.2) is 0 Å². The highest BCUT2D eigenvalue weighted by atomic mass is 35.5. The van der Waals surface area contributed by atoms with Gasteiger partial charge in [-0.15, -0.1) is 0 Å². The zero-order valence-corrected chi connectivity index (χ0v) is 10.5. The maximum absolute atomic E-state index is 12.3. The minimum absolute atomic E-state index is 0.540. The number of nitrogens with zero attached hydrogens (tertiary/aromatic N) is 3. The first-order chi connectivity index (χ1) is 8.97. The molecule has 12 heteroatoms. The molecular formula is C8H8ClF6N5. The number of hydrogen-bond acceptors (Lipinski definition) is 5. The first kappa shape index (κ1) is 16.5. The van der Waals surface area contributed by atoms with Crippen LogP contribution in [0.25, 0.3) is 0 Å². The van der Waals surface area contributed by atoms with Crippen LogP contribution in [0.5, 0.6) is 0 Å². The molecule has 0 bridgehead atoms. The van der Waals surface area contributed by atoms with Crippen LogP contribution in [0, 0.1) is 0 Å². The maximum Gasteiger partial charge on any atom is 0.408 e. The molecule has 0 aromatic carbocycles. The van der Waals surface area contributed by atoms with Crippen molar-refractivity contribution in [2.24, 2.45) is 0 Å². The zero-order valence-electron chi connectivity index (χ0n) is 9.77. The van der Waals surface area contributed by atoms with Gasteiger partial charge in [-0.3, -0.25) is 0 Å². The Morgan fingerprint density at radius 1 is 1.05 bits per heavy atom. The maximum atomic E-state index is 12.3. The zero-order chi connectivity index (χ0) is 15.6. The van der Waals surface area contributed by atoms with Crippen molar-refractivity contribution in [3.05, 3.63) is 5.28 Å². The normalized spacial score (nSPS) is 14.0. The summed E-state index contributed by atoms with van der Waals surface area (Å²) < 4.78 is 72.9. The van der Waals surface area contributed by atoms with Crippen LogP contribution in [0.15, 0.2) is 0 Å². The average molecular weight is 324 g/mol. The van der Waals surface area contributed by atoms with Crippen LogP contribution in [0.4, 0.5) is 38.2 Å². The van der Waals surface area contributed by atoms with Crippen LogP contribution < -0.4 is 10.6 Å². The van der Waals surface area contributed by atoms with Crippen LogP contribution in [-0.2, 0) is 0 Å². The summed E-state index contributed by atoms with van der Waals surface area (Å²) in [6.07, 6.45) is -9.11. The lowest BCUT2D eigenvalue weighted by atomic mass is 10.3. The van der Waals surface area contributed by atoms with E-state index in [1.54, 1.807) is 5.32 Å². The van der Waals surface area contributed by atoms with Gasteiger partial charge in [0.15, 0.2) is 0 Å². The summed E-state index contributed by atoms with van der Waals surface area (Å²) in [6, 6.07) is -2.00. The van der Waals surface area contributed by atoms with Gasteiger partial charge in [0.25, 0.3) is 0 Å². The molecule has 114 valence electrons. The summed E-state index contributed by atoms with van der Waals surface area (Å²) in [4.78, 5) is 10.0. The van der Waals surface area contributed by atoms with E-state index < -0.39 is 42.1 Å². The Morgan fingerprint density at radius 3 is 2.10 bits per heavy atom. The first-order valence-corrected chi connectivity index (χ1v) is 5.40. The molecule has 0 unspecified atom stereocenters. The highest BCUT2D eigenvalue weighted by molar-refractivity contribution is 6.28. The molecule has 0 radical (unpaired) electrons. The number of halogens is 7. The van der Waals surface area contributed by atoms with Gasteiger partial charge in [-0.1, -0.05) is 0 Å². The van der Waals surface area contributed by atoms with Gasteiger partial charge in [0.05, 0.1) is 0 Å². The number of nitrogens with one attached hydrogen (secondary N) is 2. The first-order valence-electron chi connectivity index (χ1n) is 5.03. The highest BCUT2D eigenvalue weighted by Crippen LogP contribution is 2.23. The molecule has 0 aliphatic heterocycles. The average Bonchev–Trinajstić information content (AvgIpc) is 2.23. The van der Waals surface area contributed by atoms with Crippen molar-refractivity contribution < 1.29 is 26.3 Å². The van der Waals surface area contributed by atoms with E-state index in [1.807, 2.05) is 5.32 Å². The molecule has 0 fully saturated rings. The molecule has 1 heterocycles. The molecule has 5 nitrogen and oxygen atoms in total. The molecule has 0 aliphatic rings. The van der Waals surface area contributed by atoms with Gasteiger partial charge in [-0.2, -0.15) is 41.3 Å². The Labute approximate surface area is 113 Å². The second-order valence-corrected chi connectivity index (χ2v) is 3.97. The second-order valence-electron chi connectivity index (χ2n) is 3.63. The topological polar surface area (TPSA) is 62.7 Å². The van der Waals surface area contributed by atoms with E-state index in [-0.39, 0.29) is 0 Å². The SMILES string of the molecule is C[C@@H](Nc1nc(Cl)nc(NCC(F)(F)F)n1)C(F)(F)F. The van der Waals surface area contributed by atoms with Crippen molar-refractivity contribution in [1.82, 2.24) is 15.0 Å². The molecule has 0 aliphatic carbocycles. The van der Waals surface area contributed by atoms with Gasteiger partial charge in [0.2, 0.25) is 17.2 Å². The second kappa shape index (κ2) is 5.85. The minimum atomic E-state index is -4.57. The molecule has 1 aromatic rings. The third-order valence-corrected chi connectivity index (χ3v) is 2.06. The molecule has 0 spiro atoms. The van der Waals surface area contributed by atoms with Crippen LogP contribution in [0.2, 0.25) is 5.28 Å². The van der Waals surface area contributed by atoms with E-state index in [0.29, 0.717) is 0 Å². The lowest BCUT2D eigenvalue weighted by molar-refractivity contribution is -0.138. The van der Waals surface area contributed by atoms with Crippen molar-refractivity contribution >= 4 is 23.5 Å². The molecule has 2 N–H and O–H groups in total. The number of aromatic nitrogens is 3. The van der Waals surface area contributed by atoms with Crippen molar-refractivity contribution in [3.8, 4) is 0 Å². The van der Waals surface area contributed by atoms with Gasteiger partial charge >= 0.3 is 12.4 Å². The van der Waals surface area contributed by atoms with Crippen molar-refractivity contribution in [2.75, 3.05) is 17.2 Å². The number of hydrogen-bond donors (Lipinski definition) is 2. The summed E-state index contributed by atoms with van der Waals surface area (Å²) in [5.74, 6) is -1.17. The highest BCUT2D eigenvalue weighted by Gasteiger charge is 2.36. The Hall–Kier alpha value is -1.52. The quantitative estimate of drug-likeness (QED) is 0.834. The molecule has 0 saturated heterocycles. The van der Waals surface area contributed by atoms with Crippen LogP contribution >= 0.6 is 11.6 Å². The van der Waals surface area contributed by atoms with Crippen molar-refractivity contribution in [1.29, 1.82) is 0 Å². The summed E-state index contributed by atoms with van der Waals surface area (Å²) in [5.41, 5.74) is 0. The summed E-state index contributed by atoms with van der Waals surface area (Å²) in [7, 11) is 0. The van der Waals surface area contributed by atoms with Gasteiger partial charge < -0.3 is 10.6 Å². The lowest BCUT2D eigenvalue weighted by Gasteiger charge is -2.17. The third-order valence-electron chi connectivity index (χ3n) is 1.89. The van der Waals surface area contributed by atoms with E-state index in [1.165, 1.54) is 0 Å². The van der Waals surface area contributed by atoms with Gasteiger partial charge in [0.1, 0.15) is 12.6 Å². The van der Waals surface area contributed by atoms with E-state index in [4.69, 9.17) is 11.6 Å². The van der Waals surface area contributed by atoms with Crippen molar-refractivity contribution in [2.45, 2.75) is 25.3 Å². The van der Waals surface area contributed by atoms with E-state index in [9.17, 15) is 26.3 Å². The Bertz CT molecular complexity index is 462. The summed E-state index contributed by atoms with van der Waals surface area (Å²) in [5, 5.41) is 3.11. The minimum Gasteiger partial charge on any atom is -0.345 e. The molecule has 20 heavy (non-hydrogen) atoms. The number of alkyl halides is 6. The molecule has 1 aromatic heterocycles. The van der Waals surface area contributed by atoms with E-state index in [0.717, 1.165) is 6.92 Å². The molecule has 0 saturated carbocycles. The third kappa shape index (κ3) is 5.63. The monoisotopic (exact) mass is 323 g/mol. The van der Waals surface area contributed by atoms with Crippen LogP contribution in [-0.4, -0.2) is 39.9 Å². The standard InChI is InChI=1S/C8H8ClF6N5/c1-3(8(13,14)15)17-6-19-4(9)18-5(20-6)16-2-7(10,11)12/h3H,2H2,1H3,(H2,16,17,18,19,20)/t3-/m1/s1. The van der Waals surface area contributed by atoms with Crippen LogP contribution in [0.3, 0.4) is 0 Å². The molecule has 1 rings (SSSR count). The Morgan fingerprint density at radius 2 is 1.60 bits per heavy atom.